The first-order valence-corrected chi connectivity index (χ1v) is 8.96. The monoisotopic (exact) mass is 399 g/mol. The summed E-state index contributed by atoms with van der Waals surface area (Å²) in [5.41, 5.74) is 0.955. The maximum atomic E-state index is 11.0. The zero-order chi connectivity index (χ0) is 17.1. The molecule has 3 aromatic rings. The smallest absolute Gasteiger partial charge is 0.261 e. The van der Waals surface area contributed by atoms with Crippen LogP contribution in [0.2, 0.25) is 10.0 Å². The minimum Gasteiger partial charge on any atom is -0.261 e. The van der Waals surface area contributed by atoms with E-state index in [-0.39, 0.29) is 10.7 Å². The fourth-order valence-corrected chi connectivity index (χ4v) is 4.36. The minimum atomic E-state index is -0.538. The lowest BCUT2D eigenvalue weighted by molar-refractivity contribution is -0.384. The van der Waals surface area contributed by atoms with Crippen molar-refractivity contribution in [3.63, 3.8) is 0 Å². The van der Waals surface area contributed by atoms with E-state index in [1.54, 1.807) is 18.6 Å². The summed E-state index contributed by atoms with van der Waals surface area (Å²) in [6.45, 7) is 0. The second-order valence-electron chi connectivity index (χ2n) is 4.37. The molecule has 2 aromatic heterocycles. The molecular formula is C13H7Cl2N5O2S2. The molecular weight excluding hydrogens is 393 g/mol. The number of nitro groups is 1. The van der Waals surface area contributed by atoms with Gasteiger partial charge in [0, 0.05) is 34.8 Å². The highest BCUT2D eigenvalue weighted by Gasteiger charge is 2.19. The van der Waals surface area contributed by atoms with Crippen molar-refractivity contribution in [3.8, 4) is 10.7 Å². The van der Waals surface area contributed by atoms with Gasteiger partial charge in [0.05, 0.1) is 11.1 Å². The summed E-state index contributed by atoms with van der Waals surface area (Å²) in [7, 11) is 0. The van der Waals surface area contributed by atoms with Crippen LogP contribution in [0.25, 0.3) is 10.7 Å². The summed E-state index contributed by atoms with van der Waals surface area (Å²) in [6.07, 6.45) is 4.75. The summed E-state index contributed by atoms with van der Waals surface area (Å²) in [5.74, 6) is 0.342. The molecule has 0 aliphatic rings. The van der Waals surface area contributed by atoms with Gasteiger partial charge >= 0.3 is 0 Å². The largest absolute Gasteiger partial charge is 0.288 e. The molecule has 0 saturated heterocycles. The summed E-state index contributed by atoms with van der Waals surface area (Å²) in [6, 6.07) is 2.75. The first kappa shape index (κ1) is 17.0. The van der Waals surface area contributed by atoms with Crippen molar-refractivity contribution in [1.82, 2.24) is 20.2 Å². The van der Waals surface area contributed by atoms with Crippen molar-refractivity contribution in [2.24, 2.45) is 0 Å². The molecule has 0 fully saturated rings. The molecule has 7 nitrogen and oxygen atoms in total. The van der Waals surface area contributed by atoms with Gasteiger partial charge in [-0.15, -0.1) is 10.2 Å². The highest BCUT2D eigenvalue weighted by atomic mass is 35.5. The Morgan fingerprint density at radius 1 is 1.25 bits per heavy atom. The molecule has 0 saturated carbocycles. The molecule has 122 valence electrons. The third kappa shape index (κ3) is 3.64. The van der Waals surface area contributed by atoms with Gasteiger partial charge in [0.15, 0.2) is 9.35 Å². The van der Waals surface area contributed by atoms with Crippen molar-refractivity contribution in [2.75, 3.05) is 0 Å². The minimum absolute atomic E-state index is 0.0404. The Kier molecular flexibility index (Phi) is 5.24. The van der Waals surface area contributed by atoms with E-state index in [4.69, 9.17) is 23.2 Å². The Labute approximate surface area is 154 Å². The molecule has 0 radical (unpaired) electrons. The second kappa shape index (κ2) is 7.39. The van der Waals surface area contributed by atoms with Crippen molar-refractivity contribution >= 4 is 52.0 Å². The number of benzene rings is 1. The van der Waals surface area contributed by atoms with Crippen molar-refractivity contribution in [2.45, 2.75) is 10.1 Å². The molecule has 0 spiro atoms. The molecule has 2 heterocycles. The number of nitrogens with zero attached hydrogens (tertiary/aromatic N) is 5. The van der Waals surface area contributed by atoms with E-state index in [1.165, 1.54) is 35.2 Å². The van der Waals surface area contributed by atoms with E-state index in [0.29, 0.717) is 31.4 Å². The second-order valence-corrected chi connectivity index (χ2v) is 7.35. The zero-order valence-electron chi connectivity index (χ0n) is 11.7. The summed E-state index contributed by atoms with van der Waals surface area (Å²) >= 11 is 14.9. The van der Waals surface area contributed by atoms with Crippen LogP contribution >= 0.6 is 46.3 Å². The van der Waals surface area contributed by atoms with Crippen molar-refractivity contribution in [3.05, 3.63) is 56.4 Å². The fraction of sp³-hybridized carbons (Fsp3) is 0.0769. The summed E-state index contributed by atoms with van der Waals surface area (Å²) in [4.78, 5) is 18.6. The van der Waals surface area contributed by atoms with Gasteiger partial charge < -0.3 is 0 Å². The summed E-state index contributed by atoms with van der Waals surface area (Å²) < 4.78 is 0.675. The highest BCUT2D eigenvalue weighted by molar-refractivity contribution is 8.00. The van der Waals surface area contributed by atoms with Gasteiger partial charge in [-0.1, -0.05) is 46.3 Å². The van der Waals surface area contributed by atoms with Crippen LogP contribution in [-0.4, -0.2) is 25.1 Å². The molecule has 0 atom stereocenters. The number of rotatable bonds is 5. The van der Waals surface area contributed by atoms with Crippen LogP contribution in [0.4, 0.5) is 5.69 Å². The van der Waals surface area contributed by atoms with Crippen LogP contribution in [0, 0.1) is 10.1 Å². The summed E-state index contributed by atoms with van der Waals surface area (Å²) in [5, 5.41) is 20.1. The Balaban J connectivity index is 1.79. The number of hydrogen-bond acceptors (Lipinski definition) is 8. The van der Waals surface area contributed by atoms with E-state index in [0.717, 1.165) is 0 Å². The van der Waals surface area contributed by atoms with E-state index in [1.807, 2.05) is 0 Å². The van der Waals surface area contributed by atoms with Gasteiger partial charge in [-0.25, -0.2) is 0 Å². The lowest BCUT2D eigenvalue weighted by atomic mass is 10.2. The van der Waals surface area contributed by atoms with Crippen LogP contribution in [-0.2, 0) is 5.75 Å². The molecule has 11 heteroatoms. The number of nitro benzene ring substituents is 1. The lowest BCUT2D eigenvalue weighted by Crippen LogP contribution is -1.93. The third-order valence-electron chi connectivity index (χ3n) is 2.89. The molecule has 3 rings (SSSR count). The average Bonchev–Trinajstić information content (AvgIpc) is 3.04. The predicted octanol–water partition coefficient (Wildman–Crippen LogP) is 4.50. The molecule has 0 amide bonds. The van der Waals surface area contributed by atoms with Crippen LogP contribution in [0.5, 0.6) is 0 Å². The zero-order valence-corrected chi connectivity index (χ0v) is 14.9. The van der Waals surface area contributed by atoms with Gasteiger partial charge in [-0.2, -0.15) is 0 Å². The van der Waals surface area contributed by atoms with E-state index in [2.05, 4.69) is 20.2 Å². The molecule has 0 unspecified atom stereocenters. The fourth-order valence-electron chi connectivity index (χ4n) is 1.77. The van der Waals surface area contributed by atoms with E-state index < -0.39 is 4.92 Å². The standard InChI is InChI=1S/C13H7Cl2N5O2S2/c14-8-1-2-10(20(21)22)11(15)7(8)6-23-13-19-18-12(24-13)9-5-16-3-4-17-9/h1-5H,6H2. The molecule has 0 aliphatic carbocycles. The number of halogens is 2. The van der Waals surface area contributed by atoms with E-state index in [9.17, 15) is 10.1 Å². The Morgan fingerprint density at radius 3 is 2.79 bits per heavy atom. The van der Waals surface area contributed by atoms with Crippen molar-refractivity contribution in [1.29, 1.82) is 0 Å². The Bertz CT molecular complexity index is 891. The van der Waals surface area contributed by atoms with Crippen LogP contribution in [0.3, 0.4) is 0 Å². The Hall–Kier alpha value is -1.81. The van der Waals surface area contributed by atoms with Gasteiger partial charge in [0.2, 0.25) is 0 Å². The average molecular weight is 400 g/mol. The first-order chi connectivity index (χ1) is 11.6. The molecule has 0 N–H and O–H groups in total. The maximum Gasteiger partial charge on any atom is 0.288 e. The number of thioether (sulfide) groups is 1. The van der Waals surface area contributed by atoms with Gasteiger partial charge in [-0.3, -0.25) is 20.1 Å². The third-order valence-corrected chi connectivity index (χ3v) is 5.77. The lowest BCUT2D eigenvalue weighted by Gasteiger charge is -2.05. The Morgan fingerprint density at radius 2 is 2.08 bits per heavy atom. The molecule has 0 aliphatic heterocycles. The normalized spacial score (nSPS) is 10.8. The quantitative estimate of drug-likeness (QED) is 0.353. The van der Waals surface area contributed by atoms with Crippen LogP contribution in [0.1, 0.15) is 5.56 Å². The topological polar surface area (TPSA) is 94.7 Å². The predicted molar refractivity (Wildman–Crippen MR) is 93.6 cm³/mol. The SMILES string of the molecule is O=[N+]([O-])c1ccc(Cl)c(CSc2nnc(-c3cnccn3)s2)c1Cl. The van der Waals surface area contributed by atoms with Crippen molar-refractivity contribution < 1.29 is 4.92 Å². The maximum absolute atomic E-state index is 11.0. The van der Waals surface area contributed by atoms with Crippen LogP contribution < -0.4 is 0 Å². The highest BCUT2D eigenvalue weighted by Crippen LogP contribution is 2.38. The van der Waals surface area contributed by atoms with Gasteiger partial charge in [0.1, 0.15) is 10.7 Å². The van der Waals surface area contributed by atoms with Gasteiger partial charge in [-0.05, 0) is 6.07 Å². The van der Waals surface area contributed by atoms with Crippen LogP contribution in [0.15, 0.2) is 35.1 Å². The number of hydrogen-bond donors (Lipinski definition) is 0. The molecule has 1 aromatic carbocycles. The molecule has 0 bridgehead atoms. The van der Waals surface area contributed by atoms with Gasteiger partial charge in [0.25, 0.3) is 5.69 Å². The first-order valence-electron chi connectivity index (χ1n) is 6.40. The molecule has 24 heavy (non-hydrogen) atoms. The number of aromatic nitrogens is 4. The van der Waals surface area contributed by atoms with E-state index >= 15 is 0 Å².